The molecule has 0 bridgehead atoms. The molecular weight excluding hydrogens is 506 g/mol. The Morgan fingerprint density at radius 1 is 1.09 bits per heavy atom. The fourth-order valence-corrected chi connectivity index (χ4v) is 5.56. The third kappa shape index (κ3) is 4.65. The molecule has 5 rings (SSSR count). The molecule has 0 radical (unpaired) electrons. The highest BCUT2D eigenvalue weighted by atomic mass is 35.5. The quantitative estimate of drug-likeness (QED) is 0.303. The van der Waals surface area contributed by atoms with Gasteiger partial charge in [-0.15, -0.1) is 35.1 Å². The molecule has 4 heterocycles. The fourth-order valence-electron chi connectivity index (χ4n) is 3.71. The Bertz CT molecular complexity index is 1450. The Kier molecular flexibility index (Phi) is 7.18. The van der Waals surface area contributed by atoms with Gasteiger partial charge in [-0.2, -0.15) is 0 Å². The topological polar surface area (TPSA) is 119 Å². The van der Waals surface area contributed by atoms with Crippen molar-refractivity contribution in [2.45, 2.75) is 13.8 Å². The van der Waals surface area contributed by atoms with Crippen LogP contribution in [-0.4, -0.2) is 34.9 Å². The molecule has 8 nitrogen and oxygen atoms in total. The number of thiophene rings is 2. The molecule has 180 valence electrons. The van der Waals surface area contributed by atoms with Crippen LogP contribution in [0.25, 0.3) is 31.4 Å². The lowest BCUT2D eigenvalue weighted by molar-refractivity contribution is -0.124. The highest BCUT2D eigenvalue weighted by molar-refractivity contribution is 7.22. The smallest absolute Gasteiger partial charge is 0.275 e. The number of nitrogens with zero attached hydrogens (tertiary/aromatic N) is 2. The van der Waals surface area contributed by atoms with E-state index < -0.39 is 11.8 Å². The molecule has 2 amide bonds. The van der Waals surface area contributed by atoms with Crippen molar-refractivity contribution >= 4 is 62.9 Å². The molecule has 0 saturated heterocycles. The highest BCUT2D eigenvalue weighted by Crippen LogP contribution is 2.42. The van der Waals surface area contributed by atoms with E-state index in [1.165, 1.54) is 11.3 Å². The maximum Gasteiger partial charge on any atom is 0.275 e. The molecule has 0 saturated carbocycles. The summed E-state index contributed by atoms with van der Waals surface area (Å²) in [4.78, 5) is 36.7. The number of imide groups is 1. The van der Waals surface area contributed by atoms with Crippen LogP contribution in [0.1, 0.15) is 12.5 Å². The Balaban J connectivity index is 0.00000289. The Morgan fingerprint density at radius 2 is 1.86 bits per heavy atom. The first-order valence-electron chi connectivity index (χ1n) is 10.6. The number of aryl methyl sites for hydroxylation is 1. The fraction of sp³-hybridized carbons (Fsp3) is 0.167. The van der Waals surface area contributed by atoms with E-state index in [0.717, 1.165) is 36.8 Å². The maximum absolute atomic E-state index is 12.4. The van der Waals surface area contributed by atoms with Crippen LogP contribution >= 0.6 is 35.1 Å². The van der Waals surface area contributed by atoms with E-state index in [4.69, 9.17) is 20.4 Å². The van der Waals surface area contributed by atoms with Crippen molar-refractivity contribution in [2.24, 2.45) is 5.73 Å². The van der Waals surface area contributed by atoms with Crippen LogP contribution in [0.3, 0.4) is 0 Å². The maximum atomic E-state index is 12.4. The predicted octanol–water partition coefficient (Wildman–Crippen LogP) is 4.50. The number of nitrogens with one attached hydrogen (secondary N) is 2. The summed E-state index contributed by atoms with van der Waals surface area (Å²) in [6.45, 7) is 4.54. The number of carbonyl (C=O) groups is 2. The largest absolute Gasteiger partial charge is 0.492 e. The number of aromatic nitrogens is 2. The summed E-state index contributed by atoms with van der Waals surface area (Å²) in [5.41, 5.74) is 8.06. The van der Waals surface area contributed by atoms with Gasteiger partial charge in [-0.1, -0.05) is 6.07 Å². The summed E-state index contributed by atoms with van der Waals surface area (Å²) in [6, 6.07) is 11.7. The number of rotatable bonds is 7. The van der Waals surface area contributed by atoms with Gasteiger partial charge in [-0.05, 0) is 60.7 Å². The molecule has 3 aromatic heterocycles. The van der Waals surface area contributed by atoms with Crippen molar-refractivity contribution in [2.75, 3.05) is 18.5 Å². The first kappa shape index (κ1) is 24.8. The van der Waals surface area contributed by atoms with E-state index in [0.29, 0.717) is 30.4 Å². The van der Waals surface area contributed by atoms with Gasteiger partial charge in [0.05, 0.1) is 10.3 Å². The molecule has 1 aliphatic rings. The molecule has 0 spiro atoms. The zero-order valence-electron chi connectivity index (χ0n) is 18.9. The first-order chi connectivity index (χ1) is 16.5. The molecule has 0 aliphatic carbocycles. The van der Waals surface area contributed by atoms with Crippen molar-refractivity contribution in [3.63, 3.8) is 0 Å². The van der Waals surface area contributed by atoms with E-state index in [2.05, 4.69) is 10.6 Å². The summed E-state index contributed by atoms with van der Waals surface area (Å²) in [5, 5.41) is 8.23. The van der Waals surface area contributed by atoms with Gasteiger partial charge in [0.25, 0.3) is 11.8 Å². The van der Waals surface area contributed by atoms with Crippen LogP contribution < -0.4 is 21.1 Å². The van der Waals surface area contributed by atoms with E-state index >= 15 is 0 Å². The van der Waals surface area contributed by atoms with Crippen LogP contribution in [0.15, 0.2) is 53.0 Å². The molecule has 1 aliphatic heterocycles. The van der Waals surface area contributed by atoms with Crippen LogP contribution in [0.5, 0.6) is 5.75 Å². The summed E-state index contributed by atoms with van der Waals surface area (Å²) in [5.74, 6) is 0.945. The third-order valence-electron chi connectivity index (χ3n) is 5.45. The number of hydrogen-bond acceptors (Lipinski definition) is 9. The number of carbonyl (C=O) groups excluding carboxylic acids is 2. The summed E-state index contributed by atoms with van der Waals surface area (Å²) < 4.78 is 5.59. The van der Waals surface area contributed by atoms with Gasteiger partial charge in [0.1, 0.15) is 28.7 Å². The molecular formula is C24H22ClN5O3S2. The SMILES string of the molecule is CC1=C(Nc2nc(-c3cccs3)nc3sc(-c4ccc(OCCN)cc4)c(C)c23)C(=O)NC1=O.Cl. The van der Waals surface area contributed by atoms with Gasteiger partial charge >= 0.3 is 0 Å². The Labute approximate surface area is 215 Å². The number of nitrogens with two attached hydrogens (primary N) is 1. The van der Waals surface area contributed by atoms with Crippen LogP contribution in [-0.2, 0) is 9.59 Å². The van der Waals surface area contributed by atoms with Crippen molar-refractivity contribution in [3.8, 4) is 26.9 Å². The highest BCUT2D eigenvalue weighted by Gasteiger charge is 2.29. The van der Waals surface area contributed by atoms with Crippen LogP contribution in [0.4, 0.5) is 5.82 Å². The van der Waals surface area contributed by atoms with Crippen molar-refractivity contribution in [3.05, 3.63) is 58.6 Å². The van der Waals surface area contributed by atoms with Crippen LogP contribution in [0, 0.1) is 6.92 Å². The second-order valence-electron chi connectivity index (χ2n) is 7.68. The number of amides is 2. The van der Waals surface area contributed by atoms with Crippen molar-refractivity contribution in [1.29, 1.82) is 0 Å². The van der Waals surface area contributed by atoms with Gasteiger partial charge in [-0.25, -0.2) is 9.97 Å². The van der Waals surface area contributed by atoms with Gasteiger partial charge in [0.2, 0.25) is 0 Å². The zero-order valence-corrected chi connectivity index (χ0v) is 21.3. The zero-order chi connectivity index (χ0) is 23.8. The molecule has 0 atom stereocenters. The molecule has 0 fully saturated rings. The van der Waals surface area contributed by atoms with Crippen molar-refractivity contribution < 1.29 is 14.3 Å². The second kappa shape index (κ2) is 10.1. The van der Waals surface area contributed by atoms with Gasteiger partial charge in [-0.3, -0.25) is 14.9 Å². The number of ether oxygens (including phenoxy) is 1. The summed E-state index contributed by atoms with van der Waals surface area (Å²) in [7, 11) is 0. The molecule has 35 heavy (non-hydrogen) atoms. The minimum Gasteiger partial charge on any atom is -0.492 e. The monoisotopic (exact) mass is 527 g/mol. The van der Waals surface area contributed by atoms with Gasteiger partial charge in [0, 0.05) is 17.0 Å². The lowest BCUT2D eigenvalue weighted by Crippen LogP contribution is -2.24. The van der Waals surface area contributed by atoms with E-state index in [1.807, 2.05) is 48.7 Å². The van der Waals surface area contributed by atoms with E-state index in [9.17, 15) is 9.59 Å². The van der Waals surface area contributed by atoms with Crippen molar-refractivity contribution in [1.82, 2.24) is 15.3 Å². The van der Waals surface area contributed by atoms with Crippen LogP contribution in [0.2, 0.25) is 0 Å². The minimum atomic E-state index is -0.465. The molecule has 4 aromatic rings. The standard InChI is InChI=1S/C24H21N5O3S2.ClH/c1-12-17-21(26-18-13(2)22(30)29-23(18)31)27-20(16-4-3-11-33-16)28-24(17)34-19(12)14-5-7-15(8-6-14)32-10-9-25;/h3-8,11H,9-10,25H2,1-2H3,(H2,26,27,28,29,30,31);1H. The lowest BCUT2D eigenvalue weighted by Gasteiger charge is -2.10. The Hall–Kier alpha value is -3.31. The van der Waals surface area contributed by atoms with Gasteiger partial charge in [0.15, 0.2) is 5.82 Å². The average Bonchev–Trinajstić information content (AvgIpc) is 3.54. The molecule has 0 unspecified atom stereocenters. The second-order valence-corrected chi connectivity index (χ2v) is 9.63. The number of halogens is 1. The number of benzene rings is 1. The molecule has 1 aromatic carbocycles. The summed E-state index contributed by atoms with van der Waals surface area (Å²) >= 11 is 3.09. The first-order valence-corrected chi connectivity index (χ1v) is 12.3. The lowest BCUT2D eigenvalue weighted by atomic mass is 10.1. The van der Waals surface area contributed by atoms with Gasteiger partial charge < -0.3 is 15.8 Å². The Morgan fingerprint density at radius 3 is 2.49 bits per heavy atom. The van der Waals surface area contributed by atoms with E-state index in [1.54, 1.807) is 18.3 Å². The third-order valence-corrected chi connectivity index (χ3v) is 7.55. The number of hydrogen-bond donors (Lipinski definition) is 3. The molecule has 4 N–H and O–H groups in total. The molecule has 11 heteroatoms. The number of fused-ring (bicyclic) bond motifs is 1. The minimum absolute atomic E-state index is 0. The predicted molar refractivity (Wildman–Crippen MR) is 142 cm³/mol. The normalized spacial score (nSPS) is 13.2. The van der Waals surface area contributed by atoms with E-state index in [-0.39, 0.29) is 18.1 Å². The average molecular weight is 528 g/mol. The summed E-state index contributed by atoms with van der Waals surface area (Å²) in [6.07, 6.45) is 0. The number of anilines is 1.